The zero-order valence-electron chi connectivity index (χ0n) is 10.2. The van der Waals surface area contributed by atoms with Crippen molar-refractivity contribution in [1.29, 1.82) is 0 Å². The van der Waals surface area contributed by atoms with Crippen molar-refractivity contribution in [3.63, 3.8) is 0 Å². The number of sulfone groups is 1. The number of rotatable bonds is 5. The van der Waals surface area contributed by atoms with Crippen LogP contribution in [0.5, 0.6) is 5.75 Å². The summed E-state index contributed by atoms with van der Waals surface area (Å²) in [6.45, 7) is 1.40. The predicted molar refractivity (Wildman–Crippen MR) is 65.5 cm³/mol. The Kier molecular flexibility index (Phi) is 4.42. The fraction of sp³-hybridized carbons (Fsp3) is 0.273. The second-order valence-electron chi connectivity index (χ2n) is 3.43. The van der Waals surface area contributed by atoms with E-state index >= 15 is 0 Å². The molecule has 1 rings (SSSR count). The molecule has 8 heteroatoms. The Morgan fingerprint density at radius 3 is 2.53 bits per heavy atom. The van der Waals surface area contributed by atoms with E-state index in [1.54, 1.807) is 0 Å². The van der Waals surface area contributed by atoms with E-state index < -0.39 is 15.8 Å². The number of carbonyl (C=O) groups is 1. The Morgan fingerprint density at radius 1 is 1.47 bits per heavy atom. The van der Waals surface area contributed by atoms with Crippen LogP contribution in [0.25, 0.3) is 0 Å². The maximum atomic E-state index is 11.8. The Morgan fingerprint density at radius 2 is 2.11 bits per heavy atom. The van der Waals surface area contributed by atoms with Gasteiger partial charge in [0.25, 0.3) is 0 Å². The minimum absolute atomic E-state index is 0.0865. The first-order valence-electron chi connectivity index (χ1n) is 5.13. The SMILES string of the molecule is CCS(=O)(=O)c1cc(C(=O)O)c(OC)cc1N=C=O. The Balaban J connectivity index is 3.74. The molecular formula is C11H11NO6S. The monoisotopic (exact) mass is 285 g/mol. The second-order valence-corrected chi connectivity index (χ2v) is 5.68. The van der Waals surface area contributed by atoms with Gasteiger partial charge in [0.2, 0.25) is 6.08 Å². The number of carbonyl (C=O) groups excluding carboxylic acids is 1. The van der Waals surface area contributed by atoms with Crippen LogP contribution in [0.2, 0.25) is 0 Å². The highest BCUT2D eigenvalue weighted by Gasteiger charge is 2.22. The van der Waals surface area contributed by atoms with Gasteiger partial charge in [-0.25, -0.2) is 18.0 Å². The van der Waals surface area contributed by atoms with E-state index in [0.29, 0.717) is 0 Å². The highest BCUT2D eigenvalue weighted by Crippen LogP contribution is 2.32. The Hall–Kier alpha value is -2.18. The molecule has 0 radical (unpaired) electrons. The lowest BCUT2D eigenvalue weighted by Crippen LogP contribution is -2.08. The molecule has 0 saturated carbocycles. The summed E-state index contributed by atoms with van der Waals surface area (Å²) in [5, 5.41) is 9.00. The van der Waals surface area contributed by atoms with Crippen molar-refractivity contribution < 1.29 is 27.9 Å². The number of hydrogen-bond acceptors (Lipinski definition) is 6. The van der Waals surface area contributed by atoms with Crippen LogP contribution >= 0.6 is 0 Å². The highest BCUT2D eigenvalue weighted by molar-refractivity contribution is 7.91. The van der Waals surface area contributed by atoms with Gasteiger partial charge in [0.05, 0.1) is 23.4 Å². The van der Waals surface area contributed by atoms with Gasteiger partial charge < -0.3 is 9.84 Å². The molecular weight excluding hydrogens is 274 g/mol. The van der Waals surface area contributed by atoms with Crippen LogP contribution in [-0.2, 0) is 14.6 Å². The third-order valence-electron chi connectivity index (χ3n) is 2.39. The number of hydrogen-bond donors (Lipinski definition) is 1. The second kappa shape index (κ2) is 5.64. The van der Waals surface area contributed by atoms with Crippen LogP contribution in [0.15, 0.2) is 22.0 Å². The van der Waals surface area contributed by atoms with Crippen molar-refractivity contribution in [1.82, 2.24) is 0 Å². The molecule has 0 aliphatic rings. The molecule has 0 amide bonds. The number of carboxylic acids is 1. The normalized spacial score (nSPS) is 10.6. The van der Waals surface area contributed by atoms with Crippen molar-refractivity contribution >= 4 is 27.6 Å². The highest BCUT2D eigenvalue weighted by atomic mass is 32.2. The maximum Gasteiger partial charge on any atom is 0.339 e. The van der Waals surface area contributed by atoms with E-state index in [-0.39, 0.29) is 27.6 Å². The van der Waals surface area contributed by atoms with Crippen LogP contribution in [0.4, 0.5) is 5.69 Å². The van der Waals surface area contributed by atoms with E-state index in [1.807, 2.05) is 0 Å². The van der Waals surface area contributed by atoms with Gasteiger partial charge in [0, 0.05) is 6.07 Å². The number of ether oxygens (including phenoxy) is 1. The van der Waals surface area contributed by atoms with Crippen molar-refractivity contribution in [3.8, 4) is 5.75 Å². The number of benzene rings is 1. The van der Waals surface area contributed by atoms with Crippen LogP contribution < -0.4 is 4.74 Å². The van der Waals surface area contributed by atoms with E-state index in [1.165, 1.54) is 20.1 Å². The number of methoxy groups -OCH3 is 1. The van der Waals surface area contributed by atoms with Gasteiger partial charge in [-0.3, -0.25) is 0 Å². The van der Waals surface area contributed by atoms with E-state index in [4.69, 9.17) is 9.84 Å². The minimum atomic E-state index is -3.72. The first kappa shape index (κ1) is 14.9. The van der Waals surface area contributed by atoms with Gasteiger partial charge in [-0.15, -0.1) is 0 Å². The smallest absolute Gasteiger partial charge is 0.339 e. The average Bonchev–Trinajstić information content (AvgIpc) is 2.38. The standard InChI is InChI=1S/C11H11NO6S/c1-3-19(16,17)10-4-7(11(14)15)9(18-2)5-8(10)12-6-13/h4-5H,3H2,1-2H3,(H,14,15). The molecule has 0 saturated heterocycles. The lowest BCUT2D eigenvalue weighted by atomic mass is 10.2. The number of carboxylic acid groups (broad SMARTS) is 1. The summed E-state index contributed by atoms with van der Waals surface area (Å²) >= 11 is 0. The lowest BCUT2D eigenvalue weighted by Gasteiger charge is -2.10. The molecule has 1 N–H and O–H groups in total. The summed E-state index contributed by atoms with van der Waals surface area (Å²) in [6, 6.07) is 2.01. The zero-order chi connectivity index (χ0) is 14.6. The summed E-state index contributed by atoms with van der Waals surface area (Å²) in [5.41, 5.74) is -0.516. The van der Waals surface area contributed by atoms with Crippen molar-refractivity contribution in [2.45, 2.75) is 11.8 Å². The van der Waals surface area contributed by atoms with Gasteiger partial charge in [-0.1, -0.05) is 6.92 Å². The van der Waals surface area contributed by atoms with Crippen molar-refractivity contribution in [2.75, 3.05) is 12.9 Å². The topological polar surface area (TPSA) is 110 Å². The molecule has 0 fully saturated rings. The maximum absolute atomic E-state index is 11.8. The number of nitrogens with zero attached hydrogens (tertiary/aromatic N) is 1. The number of aromatic carboxylic acids is 1. The Bertz CT molecular complexity index is 658. The fourth-order valence-corrected chi connectivity index (χ4v) is 2.46. The van der Waals surface area contributed by atoms with Gasteiger partial charge in [0.1, 0.15) is 11.3 Å². The molecule has 0 bridgehead atoms. The number of isocyanates is 1. The largest absolute Gasteiger partial charge is 0.496 e. The van der Waals surface area contributed by atoms with Crippen LogP contribution in [0, 0.1) is 0 Å². The molecule has 0 aromatic heterocycles. The van der Waals surface area contributed by atoms with E-state index in [9.17, 15) is 18.0 Å². The van der Waals surface area contributed by atoms with Crippen LogP contribution in [0.3, 0.4) is 0 Å². The van der Waals surface area contributed by atoms with Crippen LogP contribution in [-0.4, -0.2) is 38.4 Å². The Labute approximate surface area is 109 Å². The van der Waals surface area contributed by atoms with Crippen molar-refractivity contribution in [2.24, 2.45) is 4.99 Å². The molecule has 1 aromatic carbocycles. The van der Waals surface area contributed by atoms with Gasteiger partial charge >= 0.3 is 5.97 Å². The van der Waals surface area contributed by atoms with Crippen LogP contribution in [0.1, 0.15) is 17.3 Å². The summed E-state index contributed by atoms with van der Waals surface area (Å²) in [4.78, 5) is 24.3. The summed E-state index contributed by atoms with van der Waals surface area (Å²) in [6.07, 6.45) is 1.23. The first-order valence-corrected chi connectivity index (χ1v) is 6.78. The third kappa shape index (κ3) is 2.98. The molecule has 0 aliphatic carbocycles. The molecule has 0 aliphatic heterocycles. The summed E-state index contributed by atoms with van der Waals surface area (Å²) < 4.78 is 28.5. The van der Waals surface area contributed by atoms with E-state index in [2.05, 4.69) is 4.99 Å². The number of aliphatic imine (C=N–C) groups is 1. The minimum Gasteiger partial charge on any atom is -0.496 e. The first-order chi connectivity index (χ1) is 8.87. The van der Waals surface area contributed by atoms with Gasteiger partial charge in [0.15, 0.2) is 9.84 Å². The molecule has 102 valence electrons. The molecule has 0 atom stereocenters. The van der Waals surface area contributed by atoms with Gasteiger partial charge in [-0.2, -0.15) is 4.99 Å². The van der Waals surface area contributed by atoms with Crippen molar-refractivity contribution in [3.05, 3.63) is 17.7 Å². The molecule has 0 heterocycles. The quantitative estimate of drug-likeness (QED) is 0.642. The average molecular weight is 285 g/mol. The summed E-state index contributed by atoms with van der Waals surface area (Å²) in [7, 11) is -2.50. The molecule has 0 unspecified atom stereocenters. The molecule has 1 aromatic rings. The summed E-state index contributed by atoms with van der Waals surface area (Å²) in [5.74, 6) is -1.68. The van der Waals surface area contributed by atoms with E-state index in [0.717, 1.165) is 12.1 Å². The lowest BCUT2D eigenvalue weighted by molar-refractivity contribution is 0.0693. The molecule has 7 nitrogen and oxygen atoms in total. The zero-order valence-corrected chi connectivity index (χ0v) is 11.0. The fourth-order valence-electron chi connectivity index (χ4n) is 1.43. The predicted octanol–water partition coefficient (Wildman–Crippen LogP) is 1.15. The molecule has 19 heavy (non-hydrogen) atoms. The molecule has 0 spiro atoms. The third-order valence-corrected chi connectivity index (χ3v) is 4.15. The van der Waals surface area contributed by atoms with Gasteiger partial charge in [-0.05, 0) is 6.07 Å².